The zero-order valence-corrected chi connectivity index (χ0v) is 9.89. The van der Waals surface area contributed by atoms with Crippen LogP contribution in [0.1, 0.15) is 37.4 Å². The van der Waals surface area contributed by atoms with Crippen LogP contribution in [0, 0.1) is 25.2 Å². The third-order valence-corrected chi connectivity index (χ3v) is 2.60. The first kappa shape index (κ1) is 13.5. The van der Waals surface area contributed by atoms with Crippen LogP contribution in [0.25, 0.3) is 6.08 Å². The van der Waals surface area contributed by atoms with E-state index in [1.54, 1.807) is 13.0 Å². The lowest BCUT2D eigenvalue weighted by Gasteiger charge is -2.12. The normalized spacial score (nSPS) is 10.3. The van der Waals surface area contributed by atoms with Gasteiger partial charge in [0.05, 0.1) is 17.2 Å². The number of nitrogens with zero attached hydrogens (tertiary/aromatic N) is 1. The molecule has 1 aromatic rings. The largest absolute Gasteiger partial charge is 0.478 e. The summed E-state index contributed by atoms with van der Waals surface area (Å²) in [7, 11) is 0. The molecule has 0 aromatic heterocycles. The Hall–Kier alpha value is -2.61. The van der Waals surface area contributed by atoms with Gasteiger partial charge < -0.3 is 10.2 Å². The number of hydrogen-bond acceptors (Lipinski definition) is 3. The van der Waals surface area contributed by atoms with Gasteiger partial charge >= 0.3 is 11.9 Å². The van der Waals surface area contributed by atoms with Crippen molar-refractivity contribution in [1.29, 1.82) is 5.26 Å². The summed E-state index contributed by atoms with van der Waals surface area (Å²) >= 11 is 0. The van der Waals surface area contributed by atoms with Crippen molar-refractivity contribution in [2.24, 2.45) is 0 Å². The minimum atomic E-state index is -1.21. The zero-order chi connectivity index (χ0) is 13.9. The average molecular weight is 245 g/mol. The molecule has 1 rings (SSSR count). The Morgan fingerprint density at radius 2 is 1.89 bits per heavy atom. The second-order valence-corrected chi connectivity index (χ2v) is 3.73. The summed E-state index contributed by atoms with van der Waals surface area (Å²) in [4.78, 5) is 22.2. The van der Waals surface area contributed by atoms with E-state index in [-0.39, 0.29) is 16.7 Å². The van der Waals surface area contributed by atoms with Crippen molar-refractivity contribution in [3.63, 3.8) is 0 Å². The van der Waals surface area contributed by atoms with Crippen LogP contribution >= 0.6 is 0 Å². The summed E-state index contributed by atoms with van der Waals surface area (Å²) in [6, 6.07) is 3.18. The summed E-state index contributed by atoms with van der Waals surface area (Å²) in [5, 5.41) is 26.6. The molecule has 0 heterocycles. The first-order valence-electron chi connectivity index (χ1n) is 5.07. The van der Waals surface area contributed by atoms with Gasteiger partial charge in [-0.15, -0.1) is 0 Å². The van der Waals surface area contributed by atoms with Crippen LogP contribution in [0.5, 0.6) is 0 Å². The van der Waals surface area contributed by atoms with Gasteiger partial charge in [-0.3, -0.25) is 0 Å². The van der Waals surface area contributed by atoms with Crippen LogP contribution in [0.2, 0.25) is 0 Å². The number of carboxylic acids is 2. The van der Waals surface area contributed by atoms with Crippen molar-refractivity contribution >= 4 is 18.0 Å². The molecular formula is C13H11NO4. The van der Waals surface area contributed by atoms with Crippen molar-refractivity contribution in [2.75, 3.05) is 0 Å². The molecule has 0 aliphatic heterocycles. The van der Waals surface area contributed by atoms with Crippen molar-refractivity contribution in [3.8, 4) is 6.07 Å². The first-order chi connectivity index (χ1) is 8.40. The zero-order valence-electron chi connectivity index (χ0n) is 9.89. The predicted molar refractivity (Wildman–Crippen MR) is 64.5 cm³/mol. The molecule has 0 aliphatic rings. The Morgan fingerprint density at radius 3 is 2.33 bits per heavy atom. The Bertz CT molecular complexity index is 594. The molecule has 0 saturated carbocycles. The third kappa shape index (κ3) is 2.38. The van der Waals surface area contributed by atoms with Crippen molar-refractivity contribution < 1.29 is 19.8 Å². The Labute approximate surface area is 104 Å². The number of benzene rings is 1. The summed E-state index contributed by atoms with van der Waals surface area (Å²) in [6.45, 7) is 3.05. The Morgan fingerprint density at radius 1 is 1.28 bits per heavy atom. The standard InChI is InChI=1S/C13H11NO4/c1-7-6-10(12(15)16)8(2)11(13(17)18)9(7)4-3-5-14/h3-4,6H,1-2H3,(H,15,16)(H,17,18). The highest BCUT2D eigenvalue weighted by Crippen LogP contribution is 2.24. The van der Waals surface area contributed by atoms with E-state index >= 15 is 0 Å². The number of nitriles is 1. The molecule has 1 aromatic carbocycles. The van der Waals surface area contributed by atoms with E-state index in [2.05, 4.69) is 0 Å². The number of rotatable bonds is 3. The van der Waals surface area contributed by atoms with Crippen molar-refractivity contribution in [3.05, 3.63) is 40.0 Å². The van der Waals surface area contributed by atoms with Gasteiger partial charge in [0.2, 0.25) is 0 Å². The van der Waals surface area contributed by atoms with Gasteiger partial charge in [-0.1, -0.05) is 0 Å². The molecule has 92 valence electrons. The second-order valence-electron chi connectivity index (χ2n) is 3.73. The van der Waals surface area contributed by atoms with E-state index in [0.29, 0.717) is 11.1 Å². The van der Waals surface area contributed by atoms with Gasteiger partial charge in [-0.25, -0.2) is 9.59 Å². The highest BCUT2D eigenvalue weighted by atomic mass is 16.4. The van der Waals surface area contributed by atoms with Gasteiger partial charge in [-0.2, -0.15) is 5.26 Å². The number of allylic oxidation sites excluding steroid dienone is 1. The summed E-state index contributed by atoms with van der Waals surface area (Å²) < 4.78 is 0. The van der Waals surface area contributed by atoms with E-state index in [0.717, 1.165) is 6.08 Å². The lowest BCUT2D eigenvalue weighted by Crippen LogP contribution is -2.10. The molecule has 2 N–H and O–H groups in total. The molecule has 5 heteroatoms. The fourth-order valence-corrected chi connectivity index (χ4v) is 1.77. The molecule has 0 spiro atoms. The van der Waals surface area contributed by atoms with Crippen molar-refractivity contribution in [2.45, 2.75) is 13.8 Å². The van der Waals surface area contributed by atoms with Crippen LogP contribution in [0.15, 0.2) is 12.1 Å². The van der Waals surface area contributed by atoms with Gasteiger partial charge in [-0.05, 0) is 42.7 Å². The lowest BCUT2D eigenvalue weighted by atomic mass is 9.92. The van der Waals surface area contributed by atoms with E-state index in [1.165, 1.54) is 19.1 Å². The van der Waals surface area contributed by atoms with Crippen molar-refractivity contribution in [1.82, 2.24) is 0 Å². The van der Waals surface area contributed by atoms with Crippen LogP contribution < -0.4 is 0 Å². The molecule has 0 fully saturated rings. The minimum Gasteiger partial charge on any atom is -0.478 e. The SMILES string of the molecule is Cc1cc(C(=O)O)c(C)c(C(=O)O)c1C=CC#N. The van der Waals surface area contributed by atoms with E-state index in [4.69, 9.17) is 15.5 Å². The molecule has 0 amide bonds. The second kappa shape index (κ2) is 5.15. The van der Waals surface area contributed by atoms with E-state index in [1.807, 2.05) is 0 Å². The van der Waals surface area contributed by atoms with Crippen LogP contribution in [-0.4, -0.2) is 22.2 Å². The summed E-state index contributed by atoms with van der Waals surface area (Å²) in [5.41, 5.74) is 0.907. The number of hydrogen-bond donors (Lipinski definition) is 2. The molecule has 5 nitrogen and oxygen atoms in total. The molecule has 0 radical (unpaired) electrons. The molecule has 0 aliphatic carbocycles. The van der Waals surface area contributed by atoms with Crippen LogP contribution in [0.4, 0.5) is 0 Å². The minimum absolute atomic E-state index is 0.0426. The molecule has 0 saturated heterocycles. The predicted octanol–water partition coefficient (Wildman–Crippen LogP) is 2.24. The van der Waals surface area contributed by atoms with Gasteiger partial charge in [0.15, 0.2) is 0 Å². The number of aromatic carboxylic acids is 2. The number of carboxylic acid groups (broad SMARTS) is 2. The highest BCUT2D eigenvalue weighted by Gasteiger charge is 2.20. The Kier molecular flexibility index (Phi) is 3.85. The van der Waals surface area contributed by atoms with Gasteiger partial charge in [0, 0.05) is 6.08 Å². The quantitative estimate of drug-likeness (QED) is 0.795. The highest BCUT2D eigenvalue weighted by molar-refractivity contribution is 6.00. The maximum atomic E-state index is 11.2. The van der Waals surface area contributed by atoms with Crippen LogP contribution in [0.3, 0.4) is 0 Å². The monoisotopic (exact) mass is 245 g/mol. The molecule has 0 atom stereocenters. The molecular weight excluding hydrogens is 234 g/mol. The lowest BCUT2D eigenvalue weighted by molar-refractivity contribution is 0.0695. The summed E-state index contributed by atoms with van der Waals surface area (Å²) in [6.07, 6.45) is 2.53. The number of aryl methyl sites for hydroxylation is 1. The topological polar surface area (TPSA) is 98.4 Å². The number of carbonyl (C=O) groups is 2. The molecule has 0 bridgehead atoms. The molecule has 18 heavy (non-hydrogen) atoms. The van der Waals surface area contributed by atoms with E-state index in [9.17, 15) is 9.59 Å². The van der Waals surface area contributed by atoms with E-state index < -0.39 is 11.9 Å². The maximum Gasteiger partial charge on any atom is 0.336 e. The molecule has 0 unspecified atom stereocenters. The van der Waals surface area contributed by atoms with Crippen LogP contribution in [-0.2, 0) is 0 Å². The smallest absolute Gasteiger partial charge is 0.336 e. The fourth-order valence-electron chi connectivity index (χ4n) is 1.77. The third-order valence-electron chi connectivity index (χ3n) is 2.60. The summed E-state index contributed by atoms with van der Waals surface area (Å²) in [5.74, 6) is -2.38. The first-order valence-corrected chi connectivity index (χ1v) is 5.07. The average Bonchev–Trinajstić information content (AvgIpc) is 2.28. The van der Waals surface area contributed by atoms with Gasteiger partial charge in [0.25, 0.3) is 0 Å². The fraction of sp³-hybridized carbons (Fsp3) is 0.154. The maximum absolute atomic E-state index is 11.2. The Balaban J connectivity index is 3.69. The van der Waals surface area contributed by atoms with Gasteiger partial charge in [0.1, 0.15) is 0 Å².